The average Bonchev–Trinajstić information content (AvgIpc) is 2.44. The van der Waals surface area contributed by atoms with Crippen LogP contribution in [-0.4, -0.2) is 40.8 Å². The smallest absolute Gasteiger partial charge is 0.337 e. The highest BCUT2D eigenvalue weighted by atomic mass is 16.5. The van der Waals surface area contributed by atoms with Gasteiger partial charge in [-0.3, -0.25) is 4.79 Å². The molecule has 3 N–H and O–H groups in total. The van der Waals surface area contributed by atoms with E-state index < -0.39 is 17.5 Å². The van der Waals surface area contributed by atoms with Crippen LogP contribution < -0.4 is 10.1 Å². The van der Waals surface area contributed by atoms with Crippen molar-refractivity contribution >= 4 is 18.0 Å². The van der Waals surface area contributed by atoms with Crippen molar-refractivity contribution in [1.29, 1.82) is 0 Å². The summed E-state index contributed by atoms with van der Waals surface area (Å²) in [5.74, 6) is -1.12. The van der Waals surface area contributed by atoms with Gasteiger partial charge in [-0.15, -0.1) is 0 Å². The zero-order chi connectivity index (χ0) is 15.9. The van der Waals surface area contributed by atoms with E-state index in [2.05, 4.69) is 5.32 Å². The fourth-order valence-corrected chi connectivity index (χ4v) is 1.41. The fraction of sp³-hybridized carbons (Fsp3) is 0.333. The molecule has 0 spiro atoms. The lowest BCUT2D eigenvalue weighted by molar-refractivity contribution is -0.156. The molecule has 0 heterocycles. The first-order chi connectivity index (χ1) is 9.85. The number of ether oxygens (including phenoxy) is 1. The lowest BCUT2D eigenvalue weighted by atomic mass is 10.1. The minimum Gasteiger partial charge on any atom is -0.494 e. The third-order valence-electron chi connectivity index (χ3n) is 2.69. The molecule has 0 fully saturated rings. The first kappa shape index (κ1) is 16.7. The SMILES string of the molecule is CCOc1ccc(C=CC(=O)NCC(C)(O)C(=O)O)cc1. The highest BCUT2D eigenvalue weighted by Gasteiger charge is 2.29. The zero-order valence-electron chi connectivity index (χ0n) is 12.0. The minimum absolute atomic E-state index is 0.366. The van der Waals surface area contributed by atoms with Crippen molar-refractivity contribution in [2.75, 3.05) is 13.2 Å². The summed E-state index contributed by atoms with van der Waals surface area (Å²) in [6.45, 7) is 3.23. The third kappa shape index (κ3) is 5.66. The second-order valence-electron chi connectivity index (χ2n) is 4.63. The number of carboxylic acid groups (broad SMARTS) is 1. The number of aliphatic hydroxyl groups is 1. The van der Waals surface area contributed by atoms with Gasteiger partial charge in [0.1, 0.15) is 5.75 Å². The maximum Gasteiger partial charge on any atom is 0.337 e. The Bertz CT molecular complexity index is 519. The van der Waals surface area contributed by atoms with E-state index in [1.165, 1.54) is 6.08 Å². The molecule has 1 atom stereocenters. The van der Waals surface area contributed by atoms with Crippen LogP contribution in [-0.2, 0) is 9.59 Å². The van der Waals surface area contributed by atoms with E-state index in [0.717, 1.165) is 18.2 Å². The second kappa shape index (κ2) is 7.44. The lowest BCUT2D eigenvalue weighted by Crippen LogP contribution is -2.46. The molecule has 0 aliphatic rings. The number of carbonyl (C=O) groups is 2. The largest absolute Gasteiger partial charge is 0.494 e. The maximum absolute atomic E-state index is 11.5. The van der Waals surface area contributed by atoms with Gasteiger partial charge in [0.2, 0.25) is 5.91 Å². The van der Waals surface area contributed by atoms with Crippen LogP contribution in [0.1, 0.15) is 19.4 Å². The summed E-state index contributed by atoms with van der Waals surface area (Å²) in [6, 6.07) is 7.16. The van der Waals surface area contributed by atoms with E-state index in [0.29, 0.717) is 6.61 Å². The molecule has 1 amide bonds. The van der Waals surface area contributed by atoms with Crippen molar-refractivity contribution in [3.8, 4) is 5.75 Å². The molecule has 0 saturated carbocycles. The monoisotopic (exact) mass is 293 g/mol. The molecule has 0 bridgehead atoms. The highest BCUT2D eigenvalue weighted by Crippen LogP contribution is 2.12. The normalized spacial score (nSPS) is 13.7. The Labute approximate surface area is 123 Å². The van der Waals surface area contributed by atoms with Gasteiger partial charge < -0.3 is 20.3 Å². The van der Waals surface area contributed by atoms with E-state index in [1.54, 1.807) is 30.3 Å². The van der Waals surface area contributed by atoms with E-state index in [4.69, 9.17) is 9.84 Å². The molecule has 6 nitrogen and oxygen atoms in total. The van der Waals surface area contributed by atoms with Crippen molar-refractivity contribution in [2.24, 2.45) is 0 Å². The van der Waals surface area contributed by atoms with E-state index in [-0.39, 0.29) is 6.54 Å². The summed E-state index contributed by atoms with van der Waals surface area (Å²) in [6.07, 6.45) is 2.86. The molecule has 0 saturated heterocycles. The van der Waals surface area contributed by atoms with Gasteiger partial charge in [-0.1, -0.05) is 12.1 Å². The van der Waals surface area contributed by atoms with Crippen LogP contribution in [0.25, 0.3) is 6.08 Å². The highest BCUT2D eigenvalue weighted by molar-refractivity contribution is 5.92. The Kier molecular flexibility index (Phi) is 5.92. The Balaban J connectivity index is 2.52. The molecule has 6 heteroatoms. The van der Waals surface area contributed by atoms with Crippen molar-refractivity contribution in [3.63, 3.8) is 0 Å². The van der Waals surface area contributed by atoms with E-state index in [1.807, 2.05) is 6.92 Å². The van der Waals surface area contributed by atoms with Crippen LogP contribution in [0.2, 0.25) is 0 Å². The number of carboxylic acids is 1. The maximum atomic E-state index is 11.5. The van der Waals surface area contributed by atoms with Gasteiger partial charge in [-0.25, -0.2) is 4.79 Å². The number of carbonyl (C=O) groups excluding carboxylic acids is 1. The van der Waals surface area contributed by atoms with Crippen LogP contribution in [0, 0.1) is 0 Å². The number of rotatable bonds is 7. The first-order valence-corrected chi connectivity index (χ1v) is 6.49. The number of aliphatic carboxylic acids is 1. The van der Waals surface area contributed by atoms with E-state index in [9.17, 15) is 14.7 Å². The standard InChI is InChI=1S/C15H19NO5/c1-3-21-12-7-4-11(5-8-12)6-9-13(17)16-10-15(2,20)14(18)19/h4-9,20H,3,10H2,1-2H3,(H,16,17)(H,18,19). The van der Waals surface area contributed by atoms with Gasteiger partial charge in [0, 0.05) is 6.08 Å². The van der Waals surface area contributed by atoms with Gasteiger partial charge in [0.25, 0.3) is 0 Å². The molecule has 1 unspecified atom stereocenters. The molecule has 114 valence electrons. The summed E-state index contributed by atoms with van der Waals surface area (Å²) in [7, 11) is 0. The predicted molar refractivity (Wildman–Crippen MR) is 77.9 cm³/mol. The topological polar surface area (TPSA) is 95.9 Å². The van der Waals surface area contributed by atoms with Crippen molar-refractivity contribution in [1.82, 2.24) is 5.32 Å². The molecule has 0 radical (unpaired) electrons. The number of hydrogen-bond acceptors (Lipinski definition) is 4. The number of amides is 1. The molecule has 0 aliphatic heterocycles. The van der Waals surface area contributed by atoms with Crippen LogP contribution in [0.15, 0.2) is 30.3 Å². The summed E-state index contributed by atoms with van der Waals surface area (Å²) >= 11 is 0. The van der Waals surface area contributed by atoms with Crippen LogP contribution in [0.4, 0.5) is 0 Å². The van der Waals surface area contributed by atoms with Crippen LogP contribution in [0.5, 0.6) is 5.75 Å². The Morgan fingerprint density at radius 3 is 2.48 bits per heavy atom. The lowest BCUT2D eigenvalue weighted by Gasteiger charge is -2.17. The number of benzene rings is 1. The number of nitrogens with one attached hydrogen (secondary N) is 1. The van der Waals surface area contributed by atoms with Crippen molar-refractivity contribution in [2.45, 2.75) is 19.4 Å². The van der Waals surface area contributed by atoms with Crippen molar-refractivity contribution < 1.29 is 24.5 Å². The van der Waals surface area contributed by atoms with Gasteiger partial charge >= 0.3 is 5.97 Å². The first-order valence-electron chi connectivity index (χ1n) is 6.49. The third-order valence-corrected chi connectivity index (χ3v) is 2.69. The summed E-state index contributed by atoms with van der Waals surface area (Å²) in [5, 5.41) is 20.5. The van der Waals surface area contributed by atoms with Gasteiger partial charge in [-0.05, 0) is 37.6 Å². The predicted octanol–water partition coefficient (Wildman–Crippen LogP) is 1.05. The van der Waals surface area contributed by atoms with Gasteiger partial charge in [0.15, 0.2) is 5.60 Å². The molecule has 1 aromatic rings. The summed E-state index contributed by atoms with van der Waals surface area (Å²) in [5.41, 5.74) is -1.18. The zero-order valence-corrected chi connectivity index (χ0v) is 12.0. The van der Waals surface area contributed by atoms with Crippen LogP contribution >= 0.6 is 0 Å². The molecular weight excluding hydrogens is 274 g/mol. The molecule has 1 rings (SSSR count). The average molecular weight is 293 g/mol. The van der Waals surface area contributed by atoms with Gasteiger partial charge in [0.05, 0.1) is 13.2 Å². The number of hydrogen-bond donors (Lipinski definition) is 3. The summed E-state index contributed by atoms with van der Waals surface area (Å²) < 4.78 is 5.30. The fourth-order valence-electron chi connectivity index (χ4n) is 1.41. The molecule has 0 aliphatic carbocycles. The van der Waals surface area contributed by atoms with Gasteiger partial charge in [-0.2, -0.15) is 0 Å². The molecule has 0 aromatic heterocycles. The van der Waals surface area contributed by atoms with Crippen LogP contribution in [0.3, 0.4) is 0 Å². The molecular formula is C15H19NO5. The summed E-state index contributed by atoms with van der Waals surface area (Å²) in [4.78, 5) is 22.2. The minimum atomic E-state index is -1.98. The second-order valence-corrected chi connectivity index (χ2v) is 4.63. The van der Waals surface area contributed by atoms with E-state index >= 15 is 0 Å². The molecule has 21 heavy (non-hydrogen) atoms. The Hall–Kier alpha value is -2.34. The molecule has 1 aromatic carbocycles. The Morgan fingerprint density at radius 1 is 1.33 bits per heavy atom. The Morgan fingerprint density at radius 2 is 1.95 bits per heavy atom. The quantitative estimate of drug-likeness (QED) is 0.653. The van der Waals surface area contributed by atoms with Crippen molar-refractivity contribution in [3.05, 3.63) is 35.9 Å².